The Morgan fingerprint density at radius 1 is 1.11 bits per heavy atom. The molecule has 0 aliphatic heterocycles. The number of ketones is 1. The first-order chi connectivity index (χ1) is 8.74. The molecule has 0 spiro atoms. The number of carbonyl (C=O) groups is 1. The summed E-state index contributed by atoms with van der Waals surface area (Å²) in [6, 6.07) is 13.2. The summed E-state index contributed by atoms with van der Waals surface area (Å²) in [5.41, 5.74) is 0.497. The Hall–Kier alpha value is -2.16. The van der Waals surface area contributed by atoms with Crippen LogP contribution in [0.25, 0.3) is 0 Å². The number of halogens is 1. The molecule has 2 nitrogen and oxygen atoms in total. The molecule has 0 fully saturated rings. The van der Waals surface area contributed by atoms with Crippen LogP contribution in [0.2, 0.25) is 0 Å². The summed E-state index contributed by atoms with van der Waals surface area (Å²) in [7, 11) is 0. The van der Waals surface area contributed by atoms with Crippen molar-refractivity contribution >= 4 is 5.78 Å². The van der Waals surface area contributed by atoms with E-state index in [1.165, 1.54) is 12.1 Å². The maximum atomic E-state index is 14.0. The maximum Gasteiger partial charge on any atom is 0.196 e. The van der Waals surface area contributed by atoms with Crippen molar-refractivity contribution in [3.8, 4) is 5.75 Å². The SMILES string of the molecule is CCOc1cccc(C(=O)c2ccccc2)c1F. The molecule has 0 unspecified atom stereocenters. The van der Waals surface area contributed by atoms with E-state index >= 15 is 0 Å². The van der Waals surface area contributed by atoms with E-state index in [9.17, 15) is 9.18 Å². The van der Waals surface area contributed by atoms with Crippen LogP contribution < -0.4 is 4.74 Å². The maximum absolute atomic E-state index is 14.0. The molecule has 0 saturated carbocycles. The first-order valence-electron chi connectivity index (χ1n) is 5.75. The zero-order valence-corrected chi connectivity index (χ0v) is 10.0. The second kappa shape index (κ2) is 5.45. The van der Waals surface area contributed by atoms with Crippen molar-refractivity contribution in [1.82, 2.24) is 0 Å². The van der Waals surface area contributed by atoms with Crippen LogP contribution in [0, 0.1) is 5.82 Å². The lowest BCUT2D eigenvalue weighted by Gasteiger charge is -2.08. The van der Waals surface area contributed by atoms with Crippen LogP contribution in [0.4, 0.5) is 4.39 Å². The minimum absolute atomic E-state index is 0.0344. The number of ether oxygens (including phenoxy) is 1. The van der Waals surface area contributed by atoms with E-state index < -0.39 is 5.82 Å². The lowest BCUT2D eigenvalue weighted by Crippen LogP contribution is -2.06. The van der Waals surface area contributed by atoms with Crippen LogP contribution in [0.1, 0.15) is 22.8 Å². The van der Waals surface area contributed by atoms with Gasteiger partial charge < -0.3 is 4.74 Å². The number of hydrogen-bond acceptors (Lipinski definition) is 2. The molecule has 0 aromatic heterocycles. The average molecular weight is 244 g/mol. The van der Waals surface area contributed by atoms with E-state index in [2.05, 4.69) is 0 Å². The molecular weight excluding hydrogens is 231 g/mol. The Balaban J connectivity index is 2.40. The third-order valence-corrected chi connectivity index (χ3v) is 2.54. The van der Waals surface area contributed by atoms with E-state index in [-0.39, 0.29) is 17.1 Å². The predicted octanol–water partition coefficient (Wildman–Crippen LogP) is 3.46. The second-order valence-corrected chi connectivity index (χ2v) is 3.75. The molecule has 2 aromatic rings. The number of carbonyl (C=O) groups excluding carboxylic acids is 1. The zero-order chi connectivity index (χ0) is 13.0. The zero-order valence-electron chi connectivity index (χ0n) is 10.0. The summed E-state index contributed by atoms with van der Waals surface area (Å²) in [5.74, 6) is -0.831. The van der Waals surface area contributed by atoms with Crippen molar-refractivity contribution < 1.29 is 13.9 Å². The van der Waals surface area contributed by atoms with Gasteiger partial charge in [0, 0.05) is 5.56 Å². The van der Waals surface area contributed by atoms with Gasteiger partial charge in [-0.25, -0.2) is 4.39 Å². The second-order valence-electron chi connectivity index (χ2n) is 3.75. The van der Waals surface area contributed by atoms with E-state index in [0.717, 1.165) is 0 Å². The molecule has 0 amide bonds. The Labute approximate surface area is 105 Å². The standard InChI is InChI=1S/C15H13FO2/c1-2-18-13-10-6-9-12(14(13)16)15(17)11-7-4-3-5-8-11/h3-10H,2H2,1H3. The van der Waals surface area contributed by atoms with Gasteiger partial charge in [0.25, 0.3) is 0 Å². The lowest BCUT2D eigenvalue weighted by molar-refractivity contribution is 0.103. The van der Waals surface area contributed by atoms with E-state index in [0.29, 0.717) is 12.2 Å². The monoisotopic (exact) mass is 244 g/mol. The average Bonchev–Trinajstić information content (AvgIpc) is 2.42. The van der Waals surface area contributed by atoms with Crippen LogP contribution >= 0.6 is 0 Å². The Morgan fingerprint density at radius 3 is 2.50 bits per heavy atom. The Morgan fingerprint density at radius 2 is 1.83 bits per heavy atom. The van der Waals surface area contributed by atoms with E-state index in [4.69, 9.17) is 4.74 Å². The van der Waals surface area contributed by atoms with Crippen molar-refractivity contribution in [1.29, 1.82) is 0 Å². The highest BCUT2D eigenvalue weighted by atomic mass is 19.1. The topological polar surface area (TPSA) is 26.3 Å². The highest BCUT2D eigenvalue weighted by molar-refractivity contribution is 6.09. The van der Waals surface area contributed by atoms with Crippen LogP contribution in [0.3, 0.4) is 0 Å². The van der Waals surface area contributed by atoms with Gasteiger partial charge in [-0.15, -0.1) is 0 Å². The van der Waals surface area contributed by atoms with Crippen LogP contribution in [0.15, 0.2) is 48.5 Å². The normalized spacial score (nSPS) is 10.1. The van der Waals surface area contributed by atoms with Crippen molar-refractivity contribution in [3.05, 3.63) is 65.5 Å². The highest BCUT2D eigenvalue weighted by Gasteiger charge is 2.16. The molecule has 0 radical (unpaired) electrons. The largest absolute Gasteiger partial charge is 0.491 e. The van der Waals surface area contributed by atoms with Gasteiger partial charge in [0.15, 0.2) is 17.3 Å². The molecule has 0 heterocycles. The minimum Gasteiger partial charge on any atom is -0.491 e. The fraction of sp³-hybridized carbons (Fsp3) is 0.133. The van der Waals surface area contributed by atoms with Crippen LogP contribution in [0.5, 0.6) is 5.75 Å². The molecule has 0 bridgehead atoms. The minimum atomic E-state index is -0.604. The van der Waals surface area contributed by atoms with Gasteiger partial charge in [-0.1, -0.05) is 36.4 Å². The van der Waals surface area contributed by atoms with Crippen LogP contribution in [-0.4, -0.2) is 12.4 Å². The number of benzene rings is 2. The van der Waals surface area contributed by atoms with Crippen molar-refractivity contribution in [2.75, 3.05) is 6.61 Å². The molecule has 18 heavy (non-hydrogen) atoms. The van der Waals surface area contributed by atoms with Gasteiger partial charge in [-0.05, 0) is 19.1 Å². The lowest BCUT2D eigenvalue weighted by atomic mass is 10.0. The van der Waals surface area contributed by atoms with Gasteiger partial charge in [0.1, 0.15) is 0 Å². The van der Waals surface area contributed by atoms with E-state index in [1.807, 2.05) is 6.07 Å². The van der Waals surface area contributed by atoms with E-state index in [1.54, 1.807) is 37.3 Å². The summed E-state index contributed by atoms with van der Waals surface area (Å²) < 4.78 is 19.2. The first-order valence-corrected chi connectivity index (χ1v) is 5.75. The molecule has 0 N–H and O–H groups in total. The molecular formula is C15H13FO2. The smallest absolute Gasteiger partial charge is 0.196 e. The fourth-order valence-electron chi connectivity index (χ4n) is 1.70. The van der Waals surface area contributed by atoms with Gasteiger partial charge in [-0.3, -0.25) is 4.79 Å². The molecule has 0 atom stereocenters. The van der Waals surface area contributed by atoms with Gasteiger partial charge in [0.05, 0.1) is 12.2 Å². The number of hydrogen-bond donors (Lipinski definition) is 0. The summed E-state index contributed by atoms with van der Waals surface area (Å²) in [4.78, 5) is 12.1. The molecule has 0 aliphatic carbocycles. The predicted molar refractivity (Wildman–Crippen MR) is 67.4 cm³/mol. The summed E-state index contributed by atoms with van der Waals surface area (Å²) in [6.45, 7) is 2.13. The van der Waals surface area contributed by atoms with Gasteiger partial charge in [0.2, 0.25) is 0 Å². The molecule has 3 heteroatoms. The molecule has 2 rings (SSSR count). The van der Waals surface area contributed by atoms with Crippen molar-refractivity contribution in [2.24, 2.45) is 0 Å². The van der Waals surface area contributed by atoms with Gasteiger partial charge in [-0.2, -0.15) is 0 Å². The Kier molecular flexibility index (Phi) is 3.72. The van der Waals surface area contributed by atoms with Gasteiger partial charge >= 0.3 is 0 Å². The molecule has 0 saturated heterocycles. The van der Waals surface area contributed by atoms with Crippen molar-refractivity contribution in [2.45, 2.75) is 6.92 Å². The Bertz CT molecular complexity index is 550. The molecule has 92 valence electrons. The summed E-state index contributed by atoms with van der Waals surface area (Å²) >= 11 is 0. The number of rotatable bonds is 4. The summed E-state index contributed by atoms with van der Waals surface area (Å²) in [5, 5.41) is 0. The van der Waals surface area contributed by atoms with Crippen molar-refractivity contribution in [3.63, 3.8) is 0 Å². The van der Waals surface area contributed by atoms with Crippen LogP contribution in [-0.2, 0) is 0 Å². The fourth-order valence-corrected chi connectivity index (χ4v) is 1.70. The highest BCUT2D eigenvalue weighted by Crippen LogP contribution is 2.22. The molecule has 2 aromatic carbocycles. The third kappa shape index (κ3) is 2.40. The quantitative estimate of drug-likeness (QED) is 0.770. The summed E-state index contributed by atoms with van der Waals surface area (Å²) in [6.07, 6.45) is 0. The third-order valence-electron chi connectivity index (χ3n) is 2.54. The molecule has 0 aliphatic rings. The first kappa shape index (κ1) is 12.3.